The Labute approximate surface area is 170 Å². The van der Waals surface area contributed by atoms with Crippen LogP contribution in [0.1, 0.15) is 21.7 Å². The first-order chi connectivity index (χ1) is 14.3. The number of carbonyl (C=O) groups excluding carboxylic acids is 2. The Hall–Kier alpha value is -3.75. The molecule has 0 bridgehead atoms. The summed E-state index contributed by atoms with van der Waals surface area (Å²) in [5.74, 6) is -0.150. The Kier molecular flexibility index (Phi) is 6.41. The summed E-state index contributed by atoms with van der Waals surface area (Å²) >= 11 is 0. The van der Waals surface area contributed by atoms with E-state index in [4.69, 9.17) is 4.42 Å². The number of hydrogen-bond acceptors (Lipinski definition) is 4. The number of furan rings is 1. The molecule has 3 N–H and O–H groups in total. The van der Waals surface area contributed by atoms with E-state index < -0.39 is 17.6 Å². The van der Waals surface area contributed by atoms with Gasteiger partial charge in [0.15, 0.2) is 0 Å². The van der Waals surface area contributed by atoms with Crippen molar-refractivity contribution in [1.29, 1.82) is 0 Å². The van der Waals surface area contributed by atoms with E-state index >= 15 is 0 Å². The summed E-state index contributed by atoms with van der Waals surface area (Å²) in [6, 6.07) is 14.3. The van der Waals surface area contributed by atoms with Gasteiger partial charge in [-0.25, -0.2) is 0 Å². The fraction of sp³-hybridized carbons (Fsp3) is 0.143. The number of benzene rings is 2. The van der Waals surface area contributed by atoms with Crippen molar-refractivity contribution in [2.45, 2.75) is 12.7 Å². The summed E-state index contributed by atoms with van der Waals surface area (Å²) in [7, 11) is 0. The van der Waals surface area contributed by atoms with Crippen LogP contribution in [0, 0.1) is 0 Å². The van der Waals surface area contributed by atoms with Crippen LogP contribution in [0.3, 0.4) is 0 Å². The number of rotatable bonds is 7. The minimum Gasteiger partial charge on any atom is -0.467 e. The number of alkyl halides is 3. The van der Waals surface area contributed by atoms with Gasteiger partial charge in [0.2, 0.25) is 5.91 Å². The quantitative estimate of drug-likeness (QED) is 0.536. The van der Waals surface area contributed by atoms with Crippen molar-refractivity contribution in [2.75, 3.05) is 17.2 Å². The molecule has 0 radical (unpaired) electrons. The zero-order chi connectivity index (χ0) is 21.6. The number of halogens is 3. The number of hydrogen-bond donors (Lipinski definition) is 3. The van der Waals surface area contributed by atoms with Crippen LogP contribution in [-0.2, 0) is 17.5 Å². The van der Waals surface area contributed by atoms with Gasteiger partial charge >= 0.3 is 6.18 Å². The predicted octanol–water partition coefficient (Wildman–Crippen LogP) is 4.28. The molecule has 9 heteroatoms. The van der Waals surface area contributed by atoms with E-state index in [-0.39, 0.29) is 24.7 Å². The standard InChI is InChI=1S/C21H18F3N3O3/c22-21(23,24)15-3-1-4-17(11-15)27-19(28)13-25-16-8-6-14(7-9-16)20(29)26-12-18-5-2-10-30-18/h1-11,25H,12-13H2,(H,26,29)(H,27,28). The summed E-state index contributed by atoms with van der Waals surface area (Å²) in [4.78, 5) is 24.1. The molecule has 0 aliphatic carbocycles. The maximum atomic E-state index is 12.7. The summed E-state index contributed by atoms with van der Waals surface area (Å²) in [6.07, 6.45) is -2.96. The van der Waals surface area contributed by atoms with E-state index in [1.807, 2.05) is 0 Å². The van der Waals surface area contributed by atoms with Gasteiger partial charge in [-0.15, -0.1) is 0 Å². The average molecular weight is 417 g/mol. The molecule has 0 unspecified atom stereocenters. The largest absolute Gasteiger partial charge is 0.467 e. The van der Waals surface area contributed by atoms with Gasteiger partial charge in [0.1, 0.15) is 5.76 Å². The molecule has 1 heterocycles. The lowest BCUT2D eigenvalue weighted by molar-refractivity contribution is -0.137. The maximum Gasteiger partial charge on any atom is 0.416 e. The topological polar surface area (TPSA) is 83.4 Å². The van der Waals surface area contributed by atoms with Crippen LogP contribution in [0.15, 0.2) is 71.3 Å². The molecule has 3 aromatic rings. The first kappa shape index (κ1) is 21.0. The summed E-state index contributed by atoms with van der Waals surface area (Å²) in [5, 5.41) is 7.98. The maximum absolute atomic E-state index is 12.7. The third-order valence-electron chi connectivity index (χ3n) is 4.08. The molecule has 6 nitrogen and oxygen atoms in total. The molecule has 0 fully saturated rings. The first-order valence-corrected chi connectivity index (χ1v) is 8.93. The van der Waals surface area contributed by atoms with Crippen LogP contribution < -0.4 is 16.0 Å². The van der Waals surface area contributed by atoms with Crippen LogP contribution in [0.25, 0.3) is 0 Å². The molecule has 0 saturated carbocycles. The van der Waals surface area contributed by atoms with Crippen LogP contribution in [0.4, 0.5) is 24.5 Å². The SMILES string of the molecule is O=C(CNc1ccc(C(=O)NCc2ccco2)cc1)Nc1cccc(C(F)(F)F)c1. The minimum atomic E-state index is -4.48. The van der Waals surface area contributed by atoms with Gasteiger partial charge < -0.3 is 20.4 Å². The molecule has 30 heavy (non-hydrogen) atoms. The second-order valence-electron chi connectivity index (χ2n) is 6.32. The smallest absolute Gasteiger partial charge is 0.416 e. The fourth-order valence-electron chi connectivity index (χ4n) is 2.58. The van der Waals surface area contributed by atoms with E-state index in [2.05, 4.69) is 16.0 Å². The minimum absolute atomic E-state index is 0.0557. The highest BCUT2D eigenvalue weighted by Gasteiger charge is 2.30. The van der Waals surface area contributed by atoms with Crippen molar-refractivity contribution in [3.05, 3.63) is 83.8 Å². The van der Waals surface area contributed by atoms with E-state index in [1.54, 1.807) is 36.4 Å². The predicted molar refractivity (Wildman–Crippen MR) is 105 cm³/mol. The zero-order valence-corrected chi connectivity index (χ0v) is 15.6. The molecular formula is C21H18F3N3O3. The number of nitrogens with one attached hydrogen (secondary N) is 3. The van der Waals surface area contributed by atoms with Crippen molar-refractivity contribution in [2.24, 2.45) is 0 Å². The van der Waals surface area contributed by atoms with E-state index in [9.17, 15) is 22.8 Å². The highest BCUT2D eigenvalue weighted by Crippen LogP contribution is 2.30. The van der Waals surface area contributed by atoms with Crippen molar-refractivity contribution >= 4 is 23.2 Å². The van der Waals surface area contributed by atoms with Crippen molar-refractivity contribution in [3.8, 4) is 0 Å². The number of carbonyl (C=O) groups is 2. The highest BCUT2D eigenvalue weighted by molar-refractivity contribution is 5.95. The lowest BCUT2D eigenvalue weighted by Gasteiger charge is -2.11. The Morgan fingerprint density at radius 1 is 0.933 bits per heavy atom. The Morgan fingerprint density at radius 3 is 2.37 bits per heavy atom. The molecule has 0 aliphatic rings. The molecule has 156 valence electrons. The molecule has 1 aromatic heterocycles. The lowest BCUT2D eigenvalue weighted by atomic mass is 10.2. The zero-order valence-electron chi connectivity index (χ0n) is 15.6. The highest BCUT2D eigenvalue weighted by atomic mass is 19.4. The van der Waals surface area contributed by atoms with Crippen molar-refractivity contribution in [1.82, 2.24) is 5.32 Å². The molecule has 0 spiro atoms. The van der Waals surface area contributed by atoms with E-state index in [0.717, 1.165) is 12.1 Å². The monoisotopic (exact) mass is 417 g/mol. The molecule has 0 saturated heterocycles. The number of anilines is 2. The fourth-order valence-corrected chi connectivity index (χ4v) is 2.58. The third-order valence-corrected chi connectivity index (χ3v) is 4.08. The average Bonchev–Trinajstić information content (AvgIpc) is 3.24. The molecule has 2 amide bonds. The van der Waals surface area contributed by atoms with Crippen molar-refractivity contribution in [3.63, 3.8) is 0 Å². The normalized spacial score (nSPS) is 11.0. The van der Waals surface area contributed by atoms with Gasteiger partial charge in [-0.2, -0.15) is 13.2 Å². The van der Waals surface area contributed by atoms with Gasteiger partial charge in [0.05, 0.1) is 24.9 Å². The molecule has 0 aliphatic heterocycles. The summed E-state index contributed by atoms with van der Waals surface area (Å²) in [5.41, 5.74) is 0.228. The lowest BCUT2D eigenvalue weighted by Crippen LogP contribution is -2.23. The summed E-state index contributed by atoms with van der Waals surface area (Å²) in [6.45, 7) is 0.113. The van der Waals surface area contributed by atoms with E-state index in [0.29, 0.717) is 17.0 Å². The molecule has 2 aromatic carbocycles. The van der Waals surface area contributed by atoms with Crippen LogP contribution in [0.2, 0.25) is 0 Å². The molecule has 0 atom stereocenters. The third kappa shape index (κ3) is 5.87. The Morgan fingerprint density at radius 2 is 1.70 bits per heavy atom. The number of amides is 2. The van der Waals surface area contributed by atoms with Gasteiger partial charge in [-0.3, -0.25) is 9.59 Å². The van der Waals surface area contributed by atoms with Gasteiger partial charge in [-0.1, -0.05) is 6.07 Å². The molecular weight excluding hydrogens is 399 g/mol. The van der Waals surface area contributed by atoms with Crippen LogP contribution in [-0.4, -0.2) is 18.4 Å². The first-order valence-electron chi connectivity index (χ1n) is 8.93. The van der Waals surface area contributed by atoms with Crippen LogP contribution in [0.5, 0.6) is 0 Å². The van der Waals surface area contributed by atoms with Crippen molar-refractivity contribution < 1.29 is 27.2 Å². The Bertz CT molecular complexity index is 1000. The Balaban J connectivity index is 1.48. The second-order valence-corrected chi connectivity index (χ2v) is 6.32. The van der Waals surface area contributed by atoms with E-state index in [1.165, 1.54) is 18.4 Å². The van der Waals surface area contributed by atoms with Crippen LogP contribution >= 0.6 is 0 Å². The molecule has 3 rings (SSSR count). The van der Waals surface area contributed by atoms with Gasteiger partial charge in [-0.05, 0) is 54.6 Å². The van der Waals surface area contributed by atoms with Gasteiger partial charge in [0.25, 0.3) is 5.91 Å². The van der Waals surface area contributed by atoms with Gasteiger partial charge in [0, 0.05) is 16.9 Å². The second kappa shape index (κ2) is 9.17. The summed E-state index contributed by atoms with van der Waals surface area (Å²) < 4.78 is 43.3.